The quantitative estimate of drug-likeness (QED) is 0.282. The minimum Gasteiger partial charge on any atom is -0.372 e. The Bertz CT molecular complexity index is 671. The number of aliphatic imine (C=N–C) groups is 1. The highest BCUT2D eigenvalue weighted by molar-refractivity contribution is 14.0. The van der Waals surface area contributed by atoms with Crippen molar-refractivity contribution in [1.29, 1.82) is 0 Å². The molecule has 1 fully saturated rings. The summed E-state index contributed by atoms with van der Waals surface area (Å²) in [7, 11) is 0. The number of carbonyl (C=O) groups is 1. The topological polar surface area (TPSA) is 82.1 Å². The number of amides is 1. The molecule has 2 heterocycles. The highest BCUT2D eigenvalue weighted by Crippen LogP contribution is 2.18. The van der Waals surface area contributed by atoms with Crippen molar-refractivity contribution in [3.05, 3.63) is 23.9 Å². The molecule has 1 aromatic heterocycles. The summed E-state index contributed by atoms with van der Waals surface area (Å²) in [6, 6.07) is 4.13. The Labute approximate surface area is 204 Å². The second kappa shape index (κ2) is 14.4. The standard InChI is InChI=1S/C22H38N6O2.HI/c1-6-23-22(24-12-11-21(29)27(7-2)8-3)26-14-19-9-10-20(25-13-19)28-15-17(4)30-18(5)16-28;/h9-10,13,17-18H,6-8,11-12,14-16H2,1-5H3,(H2,23,24,26);1H. The lowest BCUT2D eigenvalue weighted by Crippen LogP contribution is -2.45. The zero-order valence-corrected chi connectivity index (χ0v) is 21.9. The summed E-state index contributed by atoms with van der Waals surface area (Å²) in [5.74, 6) is 1.85. The van der Waals surface area contributed by atoms with Crippen molar-refractivity contribution in [2.24, 2.45) is 4.99 Å². The van der Waals surface area contributed by atoms with Gasteiger partial charge in [-0.05, 0) is 46.2 Å². The second-order valence-electron chi connectivity index (χ2n) is 7.62. The van der Waals surface area contributed by atoms with Crippen LogP contribution in [0.4, 0.5) is 5.82 Å². The van der Waals surface area contributed by atoms with E-state index in [2.05, 4.69) is 51.5 Å². The Morgan fingerprint density at radius 2 is 1.87 bits per heavy atom. The van der Waals surface area contributed by atoms with Crippen molar-refractivity contribution >= 4 is 41.7 Å². The summed E-state index contributed by atoms with van der Waals surface area (Å²) in [6.07, 6.45) is 2.76. The fourth-order valence-electron chi connectivity index (χ4n) is 3.60. The molecule has 0 saturated carbocycles. The maximum absolute atomic E-state index is 12.1. The Hall–Kier alpha value is -1.62. The third kappa shape index (κ3) is 9.18. The normalized spacial score (nSPS) is 18.9. The molecule has 1 amide bonds. The van der Waals surface area contributed by atoms with E-state index in [1.54, 1.807) is 0 Å². The monoisotopic (exact) mass is 546 g/mol. The summed E-state index contributed by atoms with van der Waals surface area (Å²) in [4.78, 5) is 25.5. The minimum atomic E-state index is 0. The second-order valence-corrected chi connectivity index (χ2v) is 7.62. The number of guanidine groups is 1. The van der Waals surface area contributed by atoms with E-state index in [1.165, 1.54) is 0 Å². The van der Waals surface area contributed by atoms with Gasteiger partial charge in [0.05, 0.1) is 18.8 Å². The van der Waals surface area contributed by atoms with Gasteiger partial charge in [0, 0.05) is 51.9 Å². The Morgan fingerprint density at radius 1 is 1.19 bits per heavy atom. The van der Waals surface area contributed by atoms with E-state index in [1.807, 2.05) is 31.9 Å². The van der Waals surface area contributed by atoms with Crippen molar-refractivity contribution in [3.63, 3.8) is 0 Å². The Morgan fingerprint density at radius 3 is 2.42 bits per heavy atom. The van der Waals surface area contributed by atoms with Crippen LogP contribution < -0.4 is 15.5 Å². The highest BCUT2D eigenvalue weighted by atomic mass is 127. The van der Waals surface area contributed by atoms with Crippen LogP contribution in [0.2, 0.25) is 0 Å². The molecule has 0 aliphatic carbocycles. The van der Waals surface area contributed by atoms with Crippen LogP contribution in [0.15, 0.2) is 23.3 Å². The lowest BCUT2D eigenvalue weighted by Gasteiger charge is -2.36. The van der Waals surface area contributed by atoms with Gasteiger partial charge in [0.1, 0.15) is 5.82 Å². The van der Waals surface area contributed by atoms with Crippen LogP contribution in [-0.2, 0) is 16.1 Å². The van der Waals surface area contributed by atoms with Gasteiger partial charge in [0.15, 0.2) is 5.96 Å². The summed E-state index contributed by atoms with van der Waals surface area (Å²) < 4.78 is 5.80. The van der Waals surface area contributed by atoms with Crippen molar-refractivity contribution in [2.45, 2.75) is 59.8 Å². The van der Waals surface area contributed by atoms with Crippen LogP contribution in [0, 0.1) is 0 Å². The Balaban J connectivity index is 0.00000480. The molecule has 0 radical (unpaired) electrons. The van der Waals surface area contributed by atoms with E-state index >= 15 is 0 Å². The number of anilines is 1. The maximum atomic E-state index is 12.1. The molecule has 0 bridgehead atoms. The molecule has 2 atom stereocenters. The van der Waals surface area contributed by atoms with Gasteiger partial charge >= 0.3 is 0 Å². The average Bonchev–Trinajstić information content (AvgIpc) is 2.72. The first kappa shape index (κ1) is 27.4. The molecule has 2 unspecified atom stereocenters. The SMILES string of the molecule is CCNC(=NCc1ccc(N2CC(C)OC(C)C2)nc1)NCCC(=O)N(CC)CC.I. The Kier molecular flexibility index (Phi) is 12.8. The molecule has 1 aromatic rings. The molecule has 0 spiro atoms. The third-order valence-corrected chi connectivity index (χ3v) is 5.06. The number of morpholine rings is 1. The predicted octanol–water partition coefficient (Wildman–Crippen LogP) is 2.63. The summed E-state index contributed by atoms with van der Waals surface area (Å²) in [5.41, 5.74) is 1.05. The third-order valence-electron chi connectivity index (χ3n) is 5.06. The van der Waals surface area contributed by atoms with Gasteiger partial charge in [0.25, 0.3) is 0 Å². The van der Waals surface area contributed by atoms with E-state index < -0.39 is 0 Å². The summed E-state index contributed by atoms with van der Waals surface area (Å²) >= 11 is 0. The minimum absolute atomic E-state index is 0. The first-order valence-corrected chi connectivity index (χ1v) is 11.1. The number of aromatic nitrogens is 1. The molecular weight excluding hydrogens is 507 g/mol. The van der Waals surface area contributed by atoms with Crippen LogP contribution in [0.5, 0.6) is 0 Å². The van der Waals surface area contributed by atoms with Crippen LogP contribution >= 0.6 is 24.0 Å². The van der Waals surface area contributed by atoms with Crippen LogP contribution in [-0.4, -0.2) is 73.2 Å². The lowest BCUT2D eigenvalue weighted by molar-refractivity contribution is -0.130. The summed E-state index contributed by atoms with van der Waals surface area (Å²) in [6.45, 7) is 15.3. The largest absolute Gasteiger partial charge is 0.372 e. The lowest BCUT2D eigenvalue weighted by atomic mass is 10.2. The predicted molar refractivity (Wildman–Crippen MR) is 137 cm³/mol. The summed E-state index contributed by atoms with van der Waals surface area (Å²) in [5, 5.41) is 6.47. The van der Waals surface area contributed by atoms with Gasteiger partial charge in [-0.25, -0.2) is 9.98 Å². The van der Waals surface area contributed by atoms with Crippen molar-refractivity contribution in [2.75, 3.05) is 44.2 Å². The number of nitrogens with one attached hydrogen (secondary N) is 2. The maximum Gasteiger partial charge on any atom is 0.224 e. The molecule has 1 saturated heterocycles. The number of hydrogen-bond donors (Lipinski definition) is 2. The zero-order valence-electron chi connectivity index (χ0n) is 19.6. The molecule has 9 heteroatoms. The molecular formula is C22H39IN6O2. The number of pyridine rings is 1. The van der Waals surface area contributed by atoms with Gasteiger partial charge < -0.3 is 25.2 Å². The molecule has 2 rings (SSSR count). The fourth-order valence-corrected chi connectivity index (χ4v) is 3.60. The first-order chi connectivity index (χ1) is 14.5. The first-order valence-electron chi connectivity index (χ1n) is 11.1. The number of halogens is 1. The molecule has 8 nitrogen and oxygen atoms in total. The van der Waals surface area contributed by atoms with Crippen LogP contribution in [0.3, 0.4) is 0 Å². The van der Waals surface area contributed by atoms with Crippen LogP contribution in [0.1, 0.15) is 46.6 Å². The van der Waals surface area contributed by atoms with Gasteiger partial charge in [-0.2, -0.15) is 0 Å². The number of rotatable bonds is 9. The van der Waals surface area contributed by atoms with Crippen molar-refractivity contribution in [3.8, 4) is 0 Å². The van der Waals surface area contributed by atoms with Crippen LogP contribution in [0.25, 0.3) is 0 Å². The van der Waals surface area contributed by atoms with E-state index in [0.29, 0.717) is 25.5 Å². The molecule has 1 aliphatic rings. The number of hydrogen-bond acceptors (Lipinski definition) is 5. The van der Waals surface area contributed by atoms with Crippen molar-refractivity contribution in [1.82, 2.24) is 20.5 Å². The van der Waals surface area contributed by atoms with E-state index in [9.17, 15) is 4.79 Å². The molecule has 2 N–H and O–H groups in total. The average molecular weight is 546 g/mol. The smallest absolute Gasteiger partial charge is 0.224 e. The number of ether oxygens (including phenoxy) is 1. The number of nitrogens with zero attached hydrogens (tertiary/aromatic N) is 4. The number of carbonyl (C=O) groups excluding carboxylic acids is 1. The zero-order chi connectivity index (χ0) is 21.9. The fraction of sp³-hybridized carbons (Fsp3) is 0.682. The van der Waals surface area contributed by atoms with E-state index in [-0.39, 0.29) is 42.1 Å². The molecule has 176 valence electrons. The highest BCUT2D eigenvalue weighted by Gasteiger charge is 2.22. The van der Waals surface area contributed by atoms with Gasteiger partial charge in [-0.3, -0.25) is 4.79 Å². The molecule has 31 heavy (non-hydrogen) atoms. The van der Waals surface area contributed by atoms with Gasteiger partial charge in [-0.15, -0.1) is 24.0 Å². The molecule has 1 aliphatic heterocycles. The van der Waals surface area contributed by atoms with Gasteiger partial charge in [-0.1, -0.05) is 6.07 Å². The van der Waals surface area contributed by atoms with Crippen molar-refractivity contribution < 1.29 is 9.53 Å². The van der Waals surface area contributed by atoms with Gasteiger partial charge in [0.2, 0.25) is 5.91 Å². The molecule has 0 aromatic carbocycles. The van der Waals surface area contributed by atoms with E-state index in [4.69, 9.17) is 4.74 Å². The van der Waals surface area contributed by atoms with E-state index in [0.717, 1.165) is 44.1 Å².